The highest BCUT2D eigenvalue weighted by Crippen LogP contribution is 2.35. The second kappa shape index (κ2) is 11.9. The van der Waals surface area contributed by atoms with Crippen LogP contribution in [0.1, 0.15) is 42.1 Å². The number of aromatic nitrogens is 1. The van der Waals surface area contributed by atoms with E-state index >= 15 is 4.39 Å². The van der Waals surface area contributed by atoms with Gasteiger partial charge in [-0.15, -0.1) is 0 Å². The number of pyridine rings is 1. The van der Waals surface area contributed by atoms with Gasteiger partial charge in [0.15, 0.2) is 0 Å². The maximum atomic E-state index is 15.4. The number of nitriles is 1. The lowest BCUT2D eigenvalue weighted by atomic mass is 9.81. The summed E-state index contributed by atoms with van der Waals surface area (Å²) < 4.78 is 34.4. The van der Waals surface area contributed by atoms with Crippen molar-refractivity contribution in [3.05, 3.63) is 71.2 Å². The molecule has 0 radical (unpaired) electrons. The molecule has 0 saturated carbocycles. The maximum Gasteiger partial charge on any atom is 0.142 e. The Morgan fingerprint density at radius 1 is 1.25 bits per heavy atom. The van der Waals surface area contributed by atoms with Crippen LogP contribution in [0, 0.1) is 40.8 Å². The third-order valence-corrected chi connectivity index (χ3v) is 6.97. The molecule has 7 heteroatoms. The minimum Gasteiger partial charge on any atom is -0.497 e. The van der Waals surface area contributed by atoms with Crippen LogP contribution in [0.3, 0.4) is 0 Å². The van der Waals surface area contributed by atoms with Gasteiger partial charge in [-0.1, -0.05) is 17.9 Å². The Morgan fingerprint density at radius 3 is 2.89 bits per heavy atom. The molecule has 2 heterocycles. The van der Waals surface area contributed by atoms with Gasteiger partial charge in [0.2, 0.25) is 0 Å². The van der Waals surface area contributed by atoms with Crippen molar-refractivity contribution >= 4 is 10.9 Å². The van der Waals surface area contributed by atoms with Crippen molar-refractivity contribution in [3.63, 3.8) is 0 Å². The fourth-order valence-corrected chi connectivity index (χ4v) is 4.94. The summed E-state index contributed by atoms with van der Waals surface area (Å²) in [6.07, 6.45) is 2.39. The molecule has 1 aromatic heterocycles. The Balaban J connectivity index is 1.35. The number of aliphatic hydroxyl groups excluding tert-OH is 1. The van der Waals surface area contributed by atoms with Gasteiger partial charge in [-0.3, -0.25) is 9.88 Å². The fraction of sp³-hybridized carbons (Fsp3) is 0.379. The third-order valence-electron chi connectivity index (χ3n) is 6.97. The molecule has 4 rings (SSSR count). The highest BCUT2D eigenvalue weighted by Gasteiger charge is 2.29. The summed E-state index contributed by atoms with van der Waals surface area (Å²) in [6, 6.07) is 13.5. The van der Waals surface area contributed by atoms with Crippen LogP contribution in [0.25, 0.3) is 10.9 Å². The van der Waals surface area contributed by atoms with E-state index in [0.717, 1.165) is 23.9 Å². The van der Waals surface area contributed by atoms with Crippen molar-refractivity contribution in [2.45, 2.75) is 25.4 Å². The van der Waals surface area contributed by atoms with Crippen molar-refractivity contribution in [2.75, 3.05) is 33.4 Å². The molecular formula is C29H29F2N3O2. The average molecular weight is 490 g/mol. The molecule has 1 N–H and O–H groups in total. The van der Waals surface area contributed by atoms with Gasteiger partial charge in [-0.2, -0.15) is 5.26 Å². The number of aliphatic hydroxyl groups is 1. The zero-order valence-electron chi connectivity index (χ0n) is 20.3. The second-order valence-electron chi connectivity index (χ2n) is 9.13. The van der Waals surface area contributed by atoms with Crippen molar-refractivity contribution in [3.8, 4) is 23.7 Å². The molecule has 0 amide bonds. The number of ether oxygens (including phenoxy) is 1. The van der Waals surface area contributed by atoms with E-state index < -0.39 is 12.0 Å². The van der Waals surface area contributed by atoms with Crippen LogP contribution in [0.4, 0.5) is 8.78 Å². The smallest absolute Gasteiger partial charge is 0.142 e. The van der Waals surface area contributed by atoms with E-state index in [1.165, 1.54) is 12.1 Å². The first-order chi connectivity index (χ1) is 17.5. The highest BCUT2D eigenvalue weighted by atomic mass is 19.1. The standard InChI is InChI=1S/C29H29F2N3O2/c1-36-23-8-10-29-25(16-23)24(11-13-33-29)28(31)9-7-20-12-15-34(18-22(20)19-35)14-3-5-21-4-2-6-27(30)26(21)17-32/h2,4,6,8,10-11,13,16,20,22,28,35H,7,9,12,14-15,18-19H2,1H3/t20-,22-,28?/m1/s1. The van der Waals surface area contributed by atoms with Crippen LogP contribution < -0.4 is 4.74 Å². The molecule has 1 fully saturated rings. The minimum absolute atomic E-state index is 0.0312. The van der Waals surface area contributed by atoms with Crippen LogP contribution in [0.2, 0.25) is 0 Å². The number of methoxy groups -OCH3 is 1. The second-order valence-corrected chi connectivity index (χ2v) is 9.13. The van der Waals surface area contributed by atoms with Gasteiger partial charge < -0.3 is 9.84 Å². The summed E-state index contributed by atoms with van der Waals surface area (Å²) in [6.45, 7) is 1.94. The first-order valence-electron chi connectivity index (χ1n) is 12.1. The molecule has 1 saturated heterocycles. The monoisotopic (exact) mass is 489 g/mol. The number of hydrogen-bond acceptors (Lipinski definition) is 5. The fourth-order valence-electron chi connectivity index (χ4n) is 4.94. The van der Waals surface area contributed by atoms with Crippen LogP contribution in [0.5, 0.6) is 5.75 Å². The summed E-state index contributed by atoms with van der Waals surface area (Å²) >= 11 is 0. The number of alkyl halides is 1. The van der Waals surface area contributed by atoms with E-state index in [4.69, 9.17) is 10.00 Å². The van der Waals surface area contributed by atoms with Crippen LogP contribution in [-0.4, -0.2) is 48.3 Å². The Labute approximate surface area is 210 Å². The van der Waals surface area contributed by atoms with Gasteiger partial charge in [0.05, 0.1) is 19.2 Å². The highest BCUT2D eigenvalue weighted by molar-refractivity contribution is 5.83. The van der Waals surface area contributed by atoms with E-state index in [0.29, 0.717) is 42.8 Å². The average Bonchev–Trinajstić information content (AvgIpc) is 2.91. The molecule has 1 aliphatic rings. The number of fused-ring (bicyclic) bond motifs is 1. The number of hydrogen-bond donors (Lipinski definition) is 1. The summed E-state index contributed by atoms with van der Waals surface area (Å²) in [5, 5.41) is 19.9. The maximum absolute atomic E-state index is 15.4. The van der Waals surface area contributed by atoms with Crippen molar-refractivity contribution in [2.24, 2.45) is 11.8 Å². The van der Waals surface area contributed by atoms with Gasteiger partial charge in [0.1, 0.15) is 29.4 Å². The Kier molecular flexibility index (Phi) is 8.48. The summed E-state index contributed by atoms with van der Waals surface area (Å²) in [5.41, 5.74) is 1.68. The SMILES string of the molecule is COc1ccc2nccc(C(F)CC[C@@H]3CCN(CC#Cc4cccc(F)c4C#N)C[C@@H]3CO)c2c1. The van der Waals surface area contributed by atoms with Crippen LogP contribution in [0.15, 0.2) is 48.7 Å². The summed E-state index contributed by atoms with van der Waals surface area (Å²) in [7, 11) is 1.59. The molecule has 2 aromatic carbocycles. The van der Waals surface area contributed by atoms with Crippen LogP contribution in [-0.2, 0) is 0 Å². The zero-order valence-corrected chi connectivity index (χ0v) is 20.3. The lowest BCUT2D eigenvalue weighted by Gasteiger charge is -2.37. The molecule has 36 heavy (non-hydrogen) atoms. The number of nitrogens with zero attached hydrogens (tertiary/aromatic N) is 3. The summed E-state index contributed by atoms with van der Waals surface area (Å²) in [4.78, 5) is 6.48. The molecule has 1 aliphatic heterocycles. The van der Waals surface area contributed by atoms with E-state index in [-0.39, 0.29) is 24.0 Å². The largest absolute Gasteiger partial charge is 0.497 e. The van der Waals surface area contributed by atoms with Crippen molar-refractivity contribution in [1.29, 1.82) is 5.26 Å². The number of benzene rings is 2. The lowest BCUT2D eigenvalue weighted by molar-refractivity contribution is 0.0708. The molecular weight excluding hydrogens is 460 g/mol. The lowest BCUT2D eigenvalue weighted by Crippen LogP contribution is -2.42. The molecule has 3 atom stereocenters. The predicted octanol–water partition coefficient (Wildman–Crippen LogP) is 5.03. The molecule has 1 unspecified atom stereocenters. The topological polar surface area (TPSA) is 69.4 Å². The first kappa shape index (κ1) is 25.6. The van der Waals surface area contributed by atoms with Gasteiger partial charge in [0.25, 0.3) is 0 Å². The van der Waals surface area contributed by atoms with Gasteiger partial charge >= 0.3 is 0 Å². The number of likely N-dealkylation sites (tertiary alicyclic amines) is 1. The molecule has 0 aliphatic carbocycles. The van der Waals surface area contributed by atoms with Gasteiger partial charge in [-0.05, 0) is 79.6 Å². The molecule has 3 aromatic rings. The number of halogens is 2. The molecule has 0 bridgehead atoms. The third kappa shape index (κ3) is 5.82. The normalized spacial score (nSPS) is 18.8. The van der Waals surface area contributed by atoms with Crippen LogP contribution >= 0.6 is 0 Å². The first-order valence-corrected chi connectivity index (χ1v) is 12.1. The Bertz CT molecular complexity index is 1310. The zero-order chi connectivity index (χ0) is 25.5. The minimum atomic E-state index is -1.13. The predicted molar refractivity (Wildman–Crippen MR) is 134 cm³/mol. The van der Waals surface area contributed by atoms with Gasteiger partial charge in [-0.25, -0.2) is 8.78 Å². The van der Waals surface area contributed by atoms with Gasteiger partial charge in [0, 0.05) is 30.3 Å². The van der Waals surface area contributed by atoms with E-state index in [1.807, 2.05) is 24.3 Å². The molecule has 186 valence electrons. The number of piperidine rings is 1. The van der Waals surface area contributed by atoms with E-state index in [2.05, 4.69) is 21.7 Å². The Morgan fingerprint density at radius 2 is 2.11 bits per heavy atom. The van der Waals surface area contributed by atoms with Crippen molar-refractivity contribution in [1.82, 2.24) is 9.88 Å². The quantitative estimate of drug-likeness (QED) is 0.472. The Hall–Kier alpha value is -3.52. The molecule has 0 spiro atoms. The summed E-state index contributed by atoms with van der Waals surface area (Å²) in [5.74, 6) is 6.27. The molecule has 5 nitrogen and oxygen atoms in total. The van der Waals surface area contributed by atoms with Crippen molar-refractivity contribution < 1.29 is 18.6 Å². The van der Waals surface area contributed by atoms with E-state index in [9.17, 15) is 9.50 Å². The number of rotatable bonds is 7. The van der Waals surface area contributed by atoms with E-state index in [1.54, 1.807) is 25.4 Å².